The number of hydrogen-bond acceptors (Lipinski definition) is 4. The minimum Gasteiger partial charge on any atom is -0.315 e. The second-order valence-electron chi connectivity index (χ2n) is 4.46. The van der Waals surface area contributed by atoms with Gasteiger partial charge in [0.1, 0.15) is 0 Å². The predicted molar refractivity (Wildman–Crippen MR) is 48.4 cm³/mol. The molecule has 1 aromatic heterocycles. The van der Waals surface area contributed by atoms with Gasteiger partial charge in [-0.1, -0.05) is 0 Å². The highest BCUT2D eigenvalue weighted by atomic mass is 15.6. The number of tetrazole rings is 1. The van der Waals surface area contributed by atoms with E-state index in [0.717, 1.165) is 18.9 Å². The van der Waals surface area contributed by atoms with Crippen LogP contribution in [0.25, 0.3) is 0 Å². The van der Waals surface area contributed by atoms with Crippen LogP contribution in [0.3, 0.4) is 0 Å². The van der Waals surface area contributed by atoms with Crippen molar-refractivity contribution >= 4 is 0 Å². The molecule has 0 atom stereocenters. The molecule has 2 heterocycles. The number of nitrogens with one attached hydrogen (secondary N) is 1. The zero-order valence-electron chi connectivity index (χ0n) is 8.28. The summed E-state index contributed by atoms with van der Waals surface area (Å²) in [6.07, 6.45) is 0. The molecule has 72 valence electrons. The van der Waals surface area contributed by atoms with E-state index in [1.807, 2.05) is 0 Å². The summed E-state index contributed by atoms with van der Waals surface area (Å²) >= 11 is 0. The lowest BCUT2D eigenvalue weighted by molar-refractivity contribution is 0.303. The molecular weight excluding hydrogens is 166 g/mol. The molecule has 2 rings (SSSR count). The lowest BCUT2D eigenvalue weighted by Crippen LogP contribution is -2.40. The Kier molecular flexibility index (Phi) is 1.83. The molecule has 1 aliphatic rings. The maximum absolute atomic E-state index is 4.36. The van der Waals surface area contributed by atoms with Crippen LogP contribution in [0.15, 0.2) is 0 Å². The lowest BCUT2D eigenvalue weighted by atomic mass is 10.0. The molecular formula is C8H15N5. The van der Waals surface area contributed by atoms with E-state index in [4.69, 9.17) is 0 Å². The smallest absolute Gasteiger partial charge is 0.180 e. The van der Waals surface area contributed by atoms with E-state index < -0.39 is 0 Å². The van der Waals surface area contributed by atoms with Crippen LogP contribution in [0.4, 0.5) is 0 Å². The molecule has 0 bridgehead atoms. The van der Waals surface area contributed by atoms with Crippen LogP contribution in [-0.4, -0.2) is 33.3 Å². The largest absolute Gasteiger partial charge is 0.315 e. The molecule has 0 aliphatic carbocycles. The van der Waals surface area contributed by atoms with Gasteiger partial charge in [0.25, 0.3) is 0 Å². The molecule has 1 fully saturated rings. The molecule has 0 saturated carbocycles. The van der Waals surface area contributed by atoms with Gasteiger partial charge < -0.3 is 5.32 Å². The van der Waals surface area contributed by atoms with Crippen molar-refractivity contribution in [2.45, 2.75) is 32.2 Å². The monoisotopic (exact) mass is 181 g/mol. The van der Waals surface area contributed by atoms with E-state index in [-0.39, 0.29) is 5.54 Å². The van der Waals surface area contributed by atoms with Gasteiger partial charge >= 0.3 is 0 Å². The maximum Gasteiger partial charge on any atom is 0.180 e. The van der Waals surface area contributed by atoms with E-state index in [2.05, 4.69) is 41.5 Å². The first-order valence-corrected chi connectivity index (χ1v) is 4.58. The van der Waals surface area contributed by atoms with Crippen molar-refractivity contribution in [3.63, 3.8) is 0 Å². The molecule has 1 aromatic rings. The van der Waals surface area contributed by atoms with E-state index >= 15 is 0 Å². The highest BCUT2D eigenvalue weighted by Gasteiger charge is 2.25. The standard InChI is InChI=1S/C8H15N5/c1-8(2,3)13-11-7(10-12-13)6-4-9-5-6/h6,9H,4-5H2,1-3H3. The summed E-state index contributed by atoms with van der Waals surface area (Å²) < 4.78 is 0. The summed E-state index contributed by atoms with van der Waals surface area (Å²) in [5.41, 5.74) is -0.0670. The predicted octanol–water partition coefficient (Wildman–Crippen LogP) is 0.115. The van der Waals surface area contributed by atoms with Crippen molar-refractivity contribution in [2.24, 2.45) is 0 Å². The molecule has 1 aliphatic heterocycles. The number of hydrogen-bond donors (Lipinski definition) is 1. The fraction of sp³-hybridized carbons (Fsp3) is 0.875. The van der Waals surface area contributed by atoms with Crippen molar-refractivity contribution < 1.29 is 0 Å². The highest BCUT2D eigenvalue weighted by molar-refractivity contribution is 4.99. The van der Waals surface area contributed by atoms with E-state index in [0.29, 0.717) is 5.92 Å². The first-order valence-electron chi connectivity index (χ1n) is 4.58. The molecule has 0 amide bonds. The molecule has 0 spiro atoms. The summed E-state index contributed by atoms with van der Waals surface area (Å²) in [4.78, 5) is 1.68. The third-order valence-electron chi connectivity index (χ3n) is 2.18. The van der Waals surface area contributed by atoms with E-state index in [1.54, 1.807) is 4.80 Å². The summed E-state index contributed by atoms with van der Waals surface area (Å²) in [5, 5.41) is 15.6. The van der Waals surface area contributed by atoms with Crippen LogP contribution in [0.5, 0.6) is 0 Å². The first kappa shape index (κ1) is 8.62. The Bertz CT molecular complexity index is 294. The number of aromatic nitrogens is 4. The molecule has 5 heteroatoms. The van der Waals surface area contributed by atoms with Crippen molar-refractivity contribution in [1.82, 2.24) is 25.5 Å². The fourth-order valence-corrected chi connectivity index (χ4v) is 1.14. The molecule has 13 heavy (non-hydrogen) atoms. The first-order chi connectivity index (χ1) is 6.07. The van der Waals surface area contributed by atoms with Crippen LogP contribution in [0.1, 0.15) is 32.5 Å². The summed E-state index contributed by atoms with van der Waals surface area (Å²) in [6.45, 7) is 8.16. The maximum atomic E-state index is 4.36. The second-order valence-corrected chi connectivity index (χ2v) is 4.46. The molecule has 5 nitrogen and oxygen atoms in total. The van der Waals surface area contributed by atoms with E-state index in [1.165, 1.54) is 0 Å². The molecule has 0 unspecified atom stereocenters. The Labute approximate surface area is 77.5 Å². The fourth-order valence-electron chi connectivity index (χ4n) is 1.14. The zero-order valence-corrected chi connectivity index (χ0v) is 8.28. The summed E-state index contributed by atoms with van der Waals surface area (Å²) in [7, 11) is 0. The minimum absolute atomic E-state index is 0.0670. The Hall–Kier alpha value is -0.970. The lowest BCUT2D eigenvalue weighted by Gasteiger charge is -2.23. The summed E-state index contributed by atoms with van der Waals surface area (Å²) in [5.74, 6) is 1.34. The van der Waals surface area contributed by atoms with Gasteiger partial charge in [0.15, 0.2) is 5.82 Å². The SMILES string of the molecule is CC(C)(C)n1nnc(C2CNC2)n1. The van der Waals surface area contributed by atoms with Gasteiger partial charge in [-0.15, -0.1) is 10.2 Å². The second kappa shape index (κ2) is 2.77. The number of nitrogens with zero attached hydrogens (tertiary/aromatic N) is 4. The third-order valence-corrected chi connectivity index (χ3v) is 2.18. The Morgan fingerprint density at radius 2 is 2.08 bits per heavy atom. The van der Waals surface area contributed by atoms with Gasteiger partial charge in [-0.25, -0.2) is 0 Å². The van der Waals surface area contributed by atoms with Gasteiger partial charge in [-0.2, -0.15) is 4.80 Å². The van der Waals surface area contributed by atoms with Gasteiger partial charge in [0.05, 0.1) is 5.54 Å². The van der Waals surface area contributed by atoms with Gasteiger partial charge in [0.2, 0.25) is 0 Å². The van der Waals surface area contributed by atoms with Crippen LogP contribution in [-0.2, 0) is 5.54 Å². The Morgan fingerprint density at radius 1 is 1.38 bits per heavy atom. The van der Waals surface area contributed by atoms with Crippen LogP contribution in [0, 0.1) is 0 Å². The van der Waals surface area contributed by atoms with E-state index in [9.17, 15) is 0 Å². The molecule has 0 aromatic carbocycles. The van der Waals surface area contributed by atoms with Gasteiger partial charge in [0, 0.05) is 19.0 Å². The van der Waals surface area contributed by atoms with Gasteiger partial charge in [-0.3, -0.25) is 0 Å². The zero-order chi connectivity index (χ0) is 9.47. The van der Waals surface area contributed by atoms with Crippen LogP contribution >= 0.6 is 0 Å². The van der Waals surface area contributed by atoms with Crippen LogP contribution in [0.2, 0.25) is 0 Å². The molecule has 0 radical (unpaired) electrons. The van der Waals surface area contributed by atoms with Crippen LogP contribution < -0.4 is 5.32 Å². The highest BCUT2D eigenvalue weighted by Crippen LogP contribution is 2.16. The minimum atomic E-state index is -0.0670. The Balaban J connectivity index is 2.17. The average Bonchev–Trinajstić information content (AvgIpc) is 2.29. The quantitative estimate of drug-likeness (QED) is 0.668. The Morgan fingerprint density at radius 3 is 2.46 bits per heavy atom. The number of rotatable bonds is 1. The molecule has 1 N–H and O–H groups in total. The third kappa shape index (κ3) is 1.56. The topological polar surface area (TPSA) is 55.6 Å². The molecule has 1 saturated heterocycles. The van der Waals surface area contributed by atoms with Crippen molar-refractivity contribution in [3.8, 4) is 0 Å². The summed E-state index contributed by atoms with van der Waals surface area (Å²) in [6, 6.07) is 0. The van der Waals surface area contributed by atoms with Crippen molar-refractivity contribution in [3.05, 3.63) is 5.82 Å². The van der Waals surface area contributed by atoms with Crippen molar-refractivity contribution in [1.29, 1.82) is 0 Å². The van der Waals surface area contributed by atoms with Gasteiger partial charge in [-0.05, 0) is 26.0 Å². The normalized spacial score (nSPS) is 18.7. The average molecular weight is 181 g/mol. The van der Waals surface area contributed by atoms with Crippen molar-refractivity contribution in [2.75, 3.05) is 13.1 Å².